The number of hydrogen-bond donors (Lipinski definition) is 2. The van der Waals surface area contributed by atoms with Crippen LogP contribution >= 0.6 is 0 Å². The molecule has 1 aliphatic carbocycles. The first-order valence-electron chi connectivity index (χ1n) is 11.7. The van der Waals surface area contributed by atoms with Crippen LogP contribution < -0.4 is 0 Å². The molecule has 6 nitrogen and oxygen atoms in total. The smallest absolute Gasteiger partial charge is 0.306 e. The highest BCUT2D eigenvalue weighted by molar-refractivity contribution is 5.69. The molecule has 0 aromatic carbocycles. The van der Waals surface area contributed by atoms with Crippen LogP contribution in [-0.4, -0.2) is 47.1 Å². The highest BCUT2D eigenvalue weighted by atomic mass is 16.5. The van der Waals surface area contributed by atoms with Gasteiger partial charge in [0.2, 0.25) is 0 Å². The lowest BCUT2D eigenvalue weighted by atomic mass is 9.85. The van der Waals surface area contributed by atoms with E-state index >= 15 is 0 Å². The lowest BCUT2D eigenvalue weighted by Crippen LogP contribution is -2.24. The van der Waals surface area contributed by atoms with Crippen molar-refractivity contribution in [2.45, 2.75) is 116 Å². The average Bonchev–Trinajstić information content (AvgIpc) is 2.97. The molecule has 1 rings (SSSR count). The predicted octanol–water partition coefficient (Wildman–Crippen LogP) is 4.31. The van der Waals surface area contributed by atoms with E-state index in [-0.39, 0.29) is 36.1 Å². The standard InChI is InChI=1S/C24H42O6/c1-4-5-8-11-19(26)14-15-20-21(23(29-17-25)16-22(20)27)12-9-6-7-10-13-24(28)30-18(2)3/h6,9,17-23,26-27H,4-5,7-8,10-16H2,1-3H3/b9-6-/t19-,20+,21+,22+,23-/m0/s1. The van der Waals surface area contributed by atoms with Gasteiger partial charge in [0.25, 0.3) is 6.47 Å². The number of carbonyl (C=O) groups is 2. The molecule has 0 aromatic heterocycles. The van der Waals surface area contributed by atoms with Gasteiger partial charge in [-0.1, -0.05) is 38.3 Å². The third-order valence-electron chi connectivity index (χ3n) is 5.89. The van der Waals surface area contributed by atoms with Gasteiger partial charge in [-0.2, -0.15) is 0 Å². The minimum Gasteiger partial charge on any atom is -0.464 e. The Morgan fingerprint density at radius 3 is 2.57 bits per heavy atom. The summed E-state index contributed by atoms with van der Waals surface area (Å²) in [5, 5.41) is 20.7. The van der Waals surface area contributed by atoms with Crippen molar-refractivity contribution in [3.63, 3.8) is 0 Å². The highest BCUT2D eigenvalue weighted by Gasteiger charge is 2.42. The van der Waals surface area contributed by atoms with Crippen molar-refractivity contribution in [2.75, 3.05) is 0 Å². The molecule has 2 N–H and O–H groups in total. The summed E-state index contributed by atoms with van der Waals surface area (Å²) in [6, 6.07) is 0. The van der Waals surface area contributed by atoms with Crippen LogP contribution in [0.2, 0.25) is 0 Å². The zero-order valence-corrected chi connectivity index (χ0v) is 19.0. The maximum atomic E-state index is 11.6. The van der Waals surface area contributed by atoms with Gasteiger partial charge >= 0.3 is 5.97 Å². The van der Waals surface area contributed by atoms with E-state index in [2.05, 4.69) is 13.0 Å². The van der Waals surface area contributed by atoms with E-state index in [1.807, 2.05) is 19.9 Å². The van der Waals surface area contributed by atoms with E-state index in [9.17, 15) is 19.8 Å². The Kier molecular flexibility index (Phi) is 13.7. The largest absolute Gasteiger partial charge is 0.464 e. The van der Waals surface area contributed by atoms with Gasteiger partial charge in [0.1, 0.15) is 6.10 Å². The molecule has 0 amide bonds. The van der Waals surface area contributed by atoms with Gasteiger partial charge in [0, 0.05) is 18.8 Å². The van der Waals surface area contributed by atoms with E-state index in [4.69, 9.17) is 9.47 Å². The van der Waals surface area contributed by atoms with Gasteiger partial charge < -0.3 is 19.7 Å². The molecule has 0 aliphatic heterocycles. The number of aliphatic hydroxyl groups excluding tert-OH is 2. The monoisotopic (exact) mass is 426 g/mol. The van der Waals surface area contributed by atoms with Crippen molar-refractivity contribution in [3.8, 4) is 0 Å². The van der Waals surface area contributed by atoms with Crippen molar-refractivity contribution in [1.82, 2.24) is 0 Å². The molecule has 0 unspecified atom stereocenters. The molecule has 0 heterocycles. The molecule has 1 aliphatic rings. The molecule has 30 heavy (non-hydrogen) atoms. The fraction of sp³-hybridized carbons (Fsp3) is 0.833. The summed E-state index contributed by atoms with van der Waals surface area (Å²) < 4.78 is 10.4. The topological polar surface area (TPSA) is 93.1 Å². The van der Waals surface area contributed by atoms with Gasteiger partial charge in [0.15, 0.2) is 0 Å². The molecule has 0 saturated heterocycles. The van der Waals surface area contributed by atoms with Crippen LogP contribution in [0.15, 0.2) is 12.2 Å². The molecule has 0 radical (unpaired) electrons. The Bertz CT molecular complexity index is 504. The van der Waals surface area contributed by atoms with Crippen LogP contribution in [0.1, 0.15) is 91.4 Å². The Labute approximate surface area is 182 Å². The molecule has 0 spiro atoms. The van der Waals surface area contributed by atoms with E-state index in [0.717, 1.165) is 44.9 Å². The summed E-state index contributed by atoms with van der Waals surface area (Å²) in [5.74, 6) is -0.106. The second kappa shape index (κ2) is 15.4. The number of ether oxygens (including phenoxy) is 2. The molecule has 6 heteroatoms. The highest BCUT2D eigenvalue weighted by Crippen LogP contribution is 2.40. The van der Waals surface area contributed by atoms with Gasteiger partial charge in [-0.3, -0.25) is 9.59 Å². The van der Waals surface area contributed by atoms with Crippen LogP contribution in [-0.2, 0) is 19.1 Å². The minimum absolute atomic E-state index is 0.0152. The molecule has 0 aromatic rings. The number of rotatable bonds is 16. The maximum Gasteiger partial charge on any atom is 0.306 e. The van der Waals surface area contributed by atoms with Crippen LogP contribution in [0.4, 0.5) is 0 Å². The van der Waals surface area contributed by atoms with Crippen molar-refractivity contribution in [1.29, 1.82) is 0 Å². The zero-order valence-electron chi connectivity index (χ0n) is 19.0. The third kappa shape index (κ3) is 10.6. The first-order chi connectivity index (χ1) is 14.4. The third-order valence-corrected chi connectivity index (χ3v) is 5.89. The Balaban J connectivity index is 2.47. The number of esters is 1. The molecule has 0 bridgehead atoms. The number of aliphatic hydroxyl groups is 2. The van der Waals surface area contributed by atoms with Crippen LogP contribution in [0.25, 0.3) is 0 Å². The van der Waals surface area contributed by atoms with Gasteiger partial charge in [-0.25, -0.2) is 0 Å². The molecular weight excluding hydrogens is 384 g/mol. The summed E-state index contributed by atoms with van der Waals surface area (Å²) in [7, 11) is 0. The summed E-state index contributed by atoms with van der Waals surface area (Å²) in [4.78, 5) is 22.4. The molecule has 1 saturated carbocycles. The Morgan fingerprint density at radius 2 is 1.90 bits per heavy atom. The van der Waals surface area contributed by atoms with Gasteiger partial charge in [0.05, 0.1) is 18.3 Å². The number of unbranched alkanes of at least 4 members (excludes halogenated alkanes) is 3. The van der Waals surface area contributed by atoms with Crippen LogP contribution in [0.5, 0.6) is 0 Å². The lowest BCUT2D eigenvalue weighted by molar-refractivity contribution is -0.147. The second-order valence-corrected chi connectivity index (χ2v) is 8.77. The zero-order chi connectivity index (χ0) is 22.4. The van der Waals surface area contributed by atoms with E-state index in [0.29, 0.717) is 32.2 Å². The number of hydrogen-bond acceptors (Lipinski definition) is 6. The summed E-state index contributed by atoms with van der Waals surface area (Å²) in [6.45, 7) is 6.29. The van der Waals surface area contributed by atoms with Gasteiger partial charge in [-0.05, 0) is 58.3 Å². The van der Waals surface area contributed by atoms with Crippen molar-refractivity contribution in [3.05, 3.63) is 12.2 Å². The minimum atomic E-state index is -0.512. The average molecular weight is 427 g/mol. The molecule has 5 atom stereocenters. The molecular formula is C24H42O6. The SMILES string of the molecule is CCCCC[C@H](O)CC[C@@H]1[C@@H](C/C=C\CCCC(=O)OC(C)C)[C@@H](OC=O)C[C@H]1O. The summed E-state index contributed by atoms with van der Waals surface area (Å²) >= 11 is 0. The molecule has 174 valence electrons. The Morgan fingerprint density at radius 1 is 1.13 bits per heavy atom. The summed E-state index contributed by atoms with van der Waals surface area (Å²) in [6.07, 6.45) is 11.4. The fourth-order valence-electron chi connectivity index (χ4n) is 4.33. The van der Waals surface area contributed by atoms with Crippen molar-refractivity contribution in [2.24, 2.45) is 11.8 Å². The van der Waals surface area contributed by atoms with Crippen LogP contribution in [0.3, 0.4) is 0 Å². The Hall–Kier alpha value is -1.40. The normalized spacial score (nSPS) is 25.0. The van der Waals surface area contributed by atoms with Gasteiger partial charge in [-0.15, -0.1) is 0 Å². The van der Waals surface area contributed by atoms with Crippen LogP contribution in [0, 0.1) is 11.8 Å². The fourth-order valence-corrected chi connectivity index (χ4v) is 4.33. The van der Waals surface area contributed by atoms with Crippen molar-refractivity contribution >= 4 is 12.4 Å². The van der Waals surface area contributed by atoms with E-state index in [1.165, 1.54) is 0 Å². The molecule has 1 fully saturated rings. The lowest BCUT2D eigenvalue weighted by Gasteiger charge is -2.24. The predicted molar refractivity (Wildman–Crippen MR) is 117 cm³/mol. The number of carbonyl (C=O) groups excluding carboxylic acids is 2. The maximum absolute atomic E-state index is 11.6. The first-order valence-corrected chi connectivity index (χ1v) is 11.7. The van der Waals surface area contributed by atoms with E-state index in [1.54, 1.807) is 0 Å². The summed E-state index contributed by atoms with van der Waals surface area (Å²) in [5.41, 5.74) is 0. The van der Waals surface area contributed by atoms with E-state index < -0.39 is 6.10 Å². The second-order valence-electron chi connectivity index (χ2n) is 8.77. The first kappa shape index (κ1) is 26.6. The quantitative estimate of drug-likeness (QED) is 0.165. The number of allylic oxidation sites excluding steroid dienone is 2. The van der Waals surface area contributed by atoms with Crippen molar-refractivity contribution < 1.29 is 29.3 Å².